The number of aliphatic hydroxyl groups excluding tert-OH is 1. The highest BCUT2D eigenvalue weighted by atomic mass is 16.3. The van der Waals surface area contributed by atoms with E-state index in [2.05, 4.69) is 54.2 Å². The zero-order valence-electron chi connectivity index (χ0n) is 11.4. The summed E-state index contributed by atoms with van der Waals surface area (Å²) in [5, 5.41) is 9.44. The van der Waals surface area contributed by atoms with Crippen molar-refractivity contribution >= 4 is 0 Å². The van der Waals surface area contributed by atoms with Gasteiger partial charge in [-0.1, -0.05) is 30.3 Å². The predicted molar refractivity (Wildman–Crippen MR) is 74.4 cm³/mol. The van der Waals surface area contributed by atoms with Crippen molar-refractivity contribution < 1.29 is 5.11 Å². The van der Waals surface area contributed by atoms with Gasteiger partial charge in [0, 0.05) is 25.7 Å². The van der Waals surface area contributed by atoms with Crippen LogP contribution in [0.2, 0.25) is 0 Å². The summed E-state index contributed by atoms with van der Waals surface area (Å²) >= 11 is 0. The molecular weight excluding hydrogens is 224 g/mol. The van der Waals surface area contributed by atoms with E-state index in [1.54, 1.807) is 0 Å². The van der Waals surface area contributed by atoms with Crippen molar-refractivity contribution in [2.24, 2.45) is 5.92 Å². The number of hydrogen-bond donors (Lipinski definition) is 1. The summed E-state index contributed by atoms with van der Waals surface area (Å²) in [7, 11) is 4.22. The Bertz CT molecular complexity index is 353. The molecule has 0 radical (unpaired) electrons. The van der Waals surface area contributed by atoms with Gasteiger partial charge in [0.25, 0.3) is 0 Å². The predicted octanol–water partition coefficient (Wildman–Crippen LogP) is 1.43. The van der Waals surface area contributed by atoms with Crippen molar-refractivity contribution in [3.8, 4) is 0 Å². The summed E-state index contributed by atoms with van der Waals surface area (Å²) in [6, 6.07) is 11.1. The van der Waals surface area contributed by atoms with Crippen LogP contribution in [0.25, 0.3) is 0 Å². The molecule has 0 bridgehead atoms. The minimum Gasteiger partial charge on any atom is -0.396 e. The molecule has 0 spiro atoms. The van der Waals surface area contributed by atoms with Crippen molar-refractivity contribution in [1.29, 1.82) is 0 Å². The lowest BCUT2D eigenvalue weighted by atomic mass is 9.91. The van der Waals surface area contributed by atoms with Crippen molar-refractivity contribution in [2.75, 3.05) is 33.8 Å². The maximum Gasteiger partial charge on any atom is 0.0475 e. The Balaban J connectivity index is 1.96. The quantitative estimate of drug-likeness (QED) is 0.873. The molecule has 1 aromatic rings. The fourth-order valence-electron chi connectivity index (χ4n) is 2.83. The molecule has 2 unspecified atom stereocenters. The van der Waals surface area contributed by atoms with Crippen LogP contribution in [-0.2, 0) is 6.54 Å². The first kappa shape index (κ1) is 13.5. The highest BCUT2D eigenvalue weighted by Crippen LogP contribution is 2.22. The van der Waals surface area contributed by atoms with Gasteiger partial charge in [-0.25, -0.2) is 0 Å². The average Bonchev–Trinajstić information content (AvgIpc) is 2.40. The first-order chi connectivity index (χ1) is 8.70. The van der Waals surface area contributed by atoms with Crippen LogP contribution in [0.4, 0.5) is 0 Å². The summed E-state index contributed by atoms with van der Waals surface area (Å²) in [4.78, 5) is 4.74. The molecule has 2 rings (SSSR count). The molecule has 1 heterocycles. The normalized spacial score (nSPS) is 25.6. The van der Waals surface area contributed by atoms with Gasteiger partial charge in [0.15, 0.2) is 0 Å². The summed E-state index contributed by atoms with van der Waals surface area (Å²) in [5.41, 5.74) is 1.37. The monoisotopic (exact) mass is 248 g/mol. The van der Waals surface area contributed by atoms with Crippen LogP contribution in [0.3, 0.4) is 0 Å². The maximum absolute atomic E-state index is 9.44. The van der Waals surface area contributed by atoms with Crippen LogP contribution < -0.4 is 0 Å². The Morgan fingerprint density at radius 1 is 1.28 bits per heavy atom. The molecule has 0 aliphatic carbocycles. The average molecular weight is 248 g/mol. The van der Waals surface area contributed by atoms with E-state index in [4.69, 9.17) is 0 Å². The van der Waals surface area contributed by atoms with Gasteiger partial charge in [-0.3, -0.25) is 4.90 Å². The van der Waals surface area contributed by atoms with E-state index in [0.717, 1.165) is 26.1 Å². The number of nitrogens with zero attached hydrogens (tertiary/aromatic N) is 2. The highest BCUT2D eigenvalue weighted by Gasteiger charge is 2.29. The molecule has 1 aliphatic heterocycles. The smallest absolute Gasteiger partial charge is 0.0475 e. The lowest BCUT2D eigenvalue weighted by Gasteiger charge is -2.41. The zero-order valence-corrected chi connectivity index (χ0v) is 11.4. The van der Waals surface area contributed by atoms with Crippen molar-refractivity contribution in [3.05, 3.63) is 35.9 Å². The molecule has 1 fully saturated rings. The van der Waals surface area contributed by atoms with E-state index in [-0.39, 0.29) is 0 Å². The second-order valence-corrected chi connectivity index (χ2v) is 5.48. The summed E-state index contributed by atoms with van der Waals surface area (Å²) in [6.45, 7) is 3.46. The van der Waals surface area contributed by atoms with Crippen LogP contribution >= 0.6 is 0 Å². The minimum atomic E-state index is 0.308. The number of rotatable bonds is 4. The van der Waals surface area contributed by atoms with Gasteiger partial charge in [0.05, 0.1) is 0 Å². The van der Waals surface area contributed by atoms with E-state index < -0.39 is 0 Å². The first-order valence-electron chi connectivity index (χ1n) is 6.74. The van der Waals surface area contributed by atoms with Crippen molar-refractivity contribution in [2.45, 2.75) is 19.0 Å². The third-order valence-electron chi connectivity index (χ3n) is 3.95. The third-order valence-corrected chi connectivity index (χ3v) is 3.95. The van der Waals surface area contributed by atoms with E-state index in [1.165, 1.54) is 5.56 Å². The molecule has 18 heavy (non-hydrogen) atoms. The molecule has 1 aliphatic rings. The second-order valence-electron chi connectivity index (χ2n) is 5.48. The zero-order chi connectivity index (χ0) is 13.0. The Kier molecular flexibility index (Phi) is 4.75. The van der Waals surface area contributed by atoms with E-state index in [9.17, 15) is 5.11 Å². The third kappa shape index (κ3) is 3.31. The summed E-state index contributed by atoms with van der Waals surface area (Å²) in [5.74, 6) is 0.423. The van der Waals surface area contributed by atoms with Gasteiger partial charge in [-0.15, -0.1) is 0 Å². The van der Waals surface area contributed by atoms with E-state index in [0.29, 0.717) is 18.6 Å². The number of hydrogen-bond acceptors (Lipinski definition) is 3. The molecule has 2 atom stereocenters. The summed E-state index contributed by atoms with van der Waals surface area (Å²) in [6.07, 6.45) is 1.09. The molecule has 0 amide bonds. The maximum atomic E-state index is 9.44. The molecule has 3 heteroatoms. The van der Waals surface area contributed by atoms with Crippen LogP contribution in [0.15, 0.2) is 30.3 Å². The van der Waals surface area contributed by atoms with Gasteiger partial charge in [-0.2, -0.15) is 0 Å². The standard InChI is InChI=1S/C15H24N2O/c1-16(2)15-11-17(9-8-14(15)12-18)10-13-6-4-3-5-7-13/h3-7,14-15,18H,8-12H2,1-2H3. The fraction of sp³-hybridized carbons (Fsp3) is 0.600. The highest BCUT2D eigenvalue weighted by molar-refractivity contribution is 5.14. The Hall–Kier alpha value is -0.900. The number of likely N-dealkylation sites (tertiary alicyclic amines) is 1. The molecule has 0 aromatic heterocycles. The largest absolute Gasteiger partial charge is 0.396 e. The van der Waals surface area contributed by atoms with Crippen molar-refractivity contribution in [3.63, 3.8) is 0 Å². The second kappa shape index (κ2) is 6.32. The van der Waals surface area contributed by atoms with Crippen molar-refractivity contribution in [1.82, 2.24) is 9.80 Å². The molecule has 1 aromatic carbocycles. The Morgan fingerprint density at radius 3 is 2.61 bits per heavy atom. The topological polar surface area (TPSA) is 26.7 Å². The first-order valence-corrected chi connectivity index (χ1v) is 6.74. The molecular formula is C15H24N2O. The van der Waals surface area contributed by atoms with E-state index >= 15 is 0 Å². The van der Waals surface area contributed by atoms with Gasteiger partial charge in [0.2, 0.25) is 0 Å². The Labute approximate surface area is 110 Å². The van der Waals surface area contributed by atoms with E-state index in [1.807, 2.05) is 0 Å². The number of benzene rings is 1. The fourth-order valence-corrected chi connectivity index (χ4v) is 2.83. The molecule has 100 valence electrons. The molecule has 1 N–H and O–H groups in total. The number of piperidine rings is 1. The van der Waals surface area contributed by atoms with Crippen LogP contribution in [-0.4, -0.2) is 54.7 Å². The number of likely N-dealkylation sites (N-methyl/N-ethyl adjacent to an activating group) is 1. The number of aliphatic hydroxyl groups is 1. The van der Waals surface area contributed by atoms with Gasteiger partial charge in [-0.05, 0) is 38.5 Å². The molecule has 0 saturated carbocycles. The van der Waals surface area contributed by atoms with Gasteiger partial charge in [0.1, 0.15) is 0 Å². The van der Waals surface area contributed by atoms with Crippen LogP contribution in [0.1, 0.15) is 12.0 Å². The molecule has 1 saturated heterocycles. The summed E-state index contributed by atoms with van der Waals surface area (Å²) < 4.78 is 0. The lowest BCUT2D eigenvalue weighted by molar-refractivity contribution is 0.0461. The van der Waals surface area contributed by atoms with Crippen LogP contribution in [0.5, 0.6) is 0 Å². The lowest BCUT2D eigenvalue weighted by Crippen LogP contribution is -2.51. The molecule has 3 nitrogen and oxygen atoms in total. The Morgan fingerprint density at radius 2 is 2.00 bits per heavy atom. The SMILES string of the molecule is CN(C)C1CN(Cc2ccccc2)CCC1CO. The van der Waals surface area contributed by atoms with Crippen LogP contribution in [0, 0.1) is 5.92 Å². The minimum absolute atomic E-state index is 0.308. The van der Waals surface area contributed by atoms with Gasteiger partial charge >= 0.3 is 0 Å². The van der Waals surface area contributed by atoms with Gasteiger partial charge < -0.3 is 10.0 Å².